The number of nitrogens with one attached hydrogen (secondary N) is 2. The van der Waals surface area contributed by atoms with E-state index in [-0.39, 0.29) is 11.8 Å². The molecule has 0 fully saturated rings. The Balaban J connectivity index is 2.05. The average molecular weight is 417 g/mol. The first-order chi connectivity index (χ1) is 15.0. The maximum atomic E-state index is 12.2. The fraction of sp³-hybridized carbons (Fsp3) is 0.259. The molecule has 0 aromatic heterocycles. The molecule has 0 saturated heterocycles. The standard InChI is InChI=1S/C27H32N2O2/c1-5-22(19-29-21(4)27(31)28-17-10-7-11-18-30)24(6-2)20(3)25-16-12-14-23-13-8-9-15-26(23)25/h5-9,11-16,18,20,29H,4,10,17,19H2,1-3H3,(H,28,31)/b11-7+,22-5-,24-6-. The van der Waals surface area contributed by atoms with Crippen LogP contribution in [-0.2, 0) is 9.59 Å². The van der Waals surface area contributed by atoms with Crippen molar-refractivity contribution in [2.75, 3.05) is 13.1 Å². The van der Waals surface area contributed by atoms with Crippen LogP contribution in [0.4, 0.5) is 0 Å². The lowest BCUT2D eigenvalue weighted by Crippen LogP contribution is -2.32. The zero-order valence-electron chi connectivity index (χ0n) is 18.7. The number of carbonyl (C=O) groups is 2. The van der Waals surface area contributed by atoms with Crippen LogP contribution in [0.2, 0.25) is 0 Å². The largest absolute Gasteiger partial charge is 0.377 e. The molecule has 1 atom stereocenters. The topological polar surface area (TPSA) is 58.2 Å². The molecule has 0 radical (unpaired) electrons. The summed E-state index contributed by atoms with van der Waals surface area (Å²) in [6, 6.07) is 14.9. The Bertz CT molecular complexity index is 1010. The molecule has 0 spiro atoms. The van der Waals surface area contributed by atoms with Gasteiger partial charge in [0.15, 0.2) is 0 Å². The highest BCUT2D eigenvalue weighted by molar-refractivity contribution is 5.92. The molecule has 0 saturated carbocycles. The summed E-state index contributed by atoms with van der Waals surface area (Å²) < 4.78 is 0. The van der Waals surface area contributed by atoms with E-state index in [0.29, 0.717) is 25.2 Å². The van der Waals surface area contributed by atoms with Crippen molar-refractivity contribution in [2.45, 2.75) is 33.1 Å². The zero-order valence-corrected chi connectivity index (χ0v) is 18.7. The minimum Gasteiger partial charge on any atom is -0.377 e. The SMILES string of the molecule is C=C(NCC(=C/C)/C(=C\C)C(C)c1cccc2ccccc12)C(=O)NCC/C=C/C=O. The van der Waals surface area contributed by atoms with Gasteiger partial charge in [-0.2, -0.15) is 0 Å². The van der Waals surface area contributed by atoms with Gasteiger partial charge in [0.25, 0.3) is 5.91 Å². The number of rotatable bonds is 11. The van der Waals surface area contributed by atoms with E-state index in [1.54, 1.807) is 6.08 Å². The second-order valence-corrected chi connectivity index (χ2v) is 7.29. The van der Waals surface area contributed by atoms with E-state index in [1.807, 2.05) is 6.92 Å². The van der Waals surface area contributed by atoms with Crippen LogP contribution in [0.3, 0.4) is 0 Å². The van der Waals surface area contributed by atoms with Gasteiger partial charge >= 0.3 is 0 Å². The van der Waals surface area contributed by atoms with Crippen LogP contribution < -0.4 is 10.6 Å². The fourth-order valence-corrected chi connectivity index (χ4v) is 3.69. The Labute approximate surface area is 185 Å². The monoisotopic (exact) mass is 416 g/mol. The zero-order chi connectivity index (χ0) is 22.6. The van der Waals surface area contributed by atoms with Crippen LogP contribution in [-0.4, -0.2) is 25.3 Å². The molecule has 1 amide bonds. The van der Waals surface area contributed by atoms with Gasteiger partial charge in [0.2, 0.25) is 0 Å². The van der Waals surface area contributed by atoms with Gasteiger partial charge in [-0.05, 0) is 53.8 Å². The molecule has 2 aromatic carbocycles. The van der Waals surface area contributed by atoms with Crippen LogP contribution in [0.5, 0.6) is 0 Å². The predicted octanol–water partition coefficient (Wildman–Crippen LogP) is 5.20. The lowest BCUT2D eigenvalue weighted by molar-refractivity contribution is -0.117. The fourth-order valence-electron chi connectivity index (χ4n) is 3.69. The molecule has 0 aliphatic rings. The Morgan fingerprint density at radius 1 is 1.06 bits per heavy atom. The highest BCUT2D eigenvalue weighted by Crippen LogP contribution is 2.33. The number of benzene rings is 2. The maximum absolute atomic E-state index is 12.2. The number of fused-ring (bicyclic) bond motifs is 1. The van der Waals surface area contributed by atoms with Crippen molar-refractivity contribution in [1.29, 1.82) is 0 Å². The van der Waals surface area contributed by atoms with Crippen molar-refractivity contribution < 1.29 is 9.59 Å². The summed E-state index contributed by atoms with van der Waals surface area (Å²) in [7, 11) is 0. The van der Waals surface area contributed by atoms with Crippen molar-refractivity contribution in [1.82, 2.24) is 10.6 Å². The molecular formula is C27H32N2O2. The first kappa shape index (κ1) is 23.9. The third-order valence-corrected chi connectivity index (χ3v) is 5.36. The molecule has 4 heteroatoms. The Hall–Kier alpha value is -3.40. The molecule has 31 heavy (non-hydrogen) atoms. The number of hydrogen-bond donors (Lipinski definition) is 2. The summed E-state index contributed by atoms with van der Waals surface area (Å²) in [5.74, 6) is -0.0325. The molecule has 4 nitrogen and oxygen atoms in total. The first-order valence-electron chi connectivity index (χ1n) is 10.6. The molecule has 0 aliphatic heterocycles. The Kier molecular flexibility index (Phi) is 9.50. The molecule has 0 bridgehead atoms. The third-order valence-electron chi connectivity index (χ3n) is 5.36. The van der Waals surface area contributed by atoms with E-state index in [9.17, 15) is 9.59 Å². The third kappa shape index (κ3) is 6.54. The van der Waals surface area contributed by atoms with Gasteiger partial charge in [0.05, 0.1) is 5.70 Å². The van der Waals surface area contributed by atoms with Crippen molar-refractivity contribution in [3.63, 3.8) is 0 Å². The summed E-state index contributed by atoms with van der Waals surface area (Å²) in [6.45, 7) is 11.1. The number of aldehydes is 1. The van der Waals surface area contributed by atoms with E-state index in [0.717, 1.165) is 11.9 Å². The summed E-state index contributed by atoms with van der Waals surface area (Å²) in [5.41, 5.74) is 3.96. The second-order valence-electron chi connectivity index (χ2n) is 7.29. The molecule has 162 valence electrons. The van der Waals surface area contributed by atoms with Crippen LogP contribution in [0, 0.1) is 0 Å². The van der Waals surface area contributed by atoms with Crippen molar-refractivity contribution in [2.24, 2.45) is 0 Å². The van der Waals surface area contributed by atoms with Gasteiger partial charge in [-0.25, -0.2) is 0 Å². The average Bonchev–Trinajstić information content (AvgIpc) is 2.80. The summed E-state index contributed by atoms with van der Waals surface area (Å²) >= 11 is 0. The lowest BCUT2D eigenvalue weighted by Gasteiger charge is -2.22. The molecule has 0 aliphatic carbocycles. The van der Waals surface area contributed by atoms with Gasteiger partial charge in [-0.3, -0.25) is 9.59 Å². The lowest BCUT2D eigenvalue weighted by atomic mass is 9.85. The first-order valence-corrected chi connectivity index (χ1v) is 10.6. The number of hydrogen-bond acceptors (Lipinski definition) is 3. The Morgan fingerprint density at radius 2 is 1.81 bits per heavy atom. The van der Waals surface area contributed by atoms with E-state index in [4.69, 9.17) is 0 Å². The molecule has 2 aromatic rings. The number of allylic oxidation sites excluding steroid dienone is 3. The number of amides is 1. The van der Waals surface area contributed by atoms with E-state index in [1.165, 1.54) is 28.0 Å². The van der Waals surface area contributed by atoms with Crippen LogP contribution in [0.15, 0.2) is 90.2 Å². The molecule has 2 rings (SSSR count). The summed E-state index contributed by atoms with van der Waals surface area (Å²) in [5, 5.41) is 8.44. The molecule has 2 N–H and O–H groups in total. The highest BCUT2D eigenvalue weighted by atomic mass is 16.2. The Morgan fingerprint density at radius 3 is 2.52 bits per heavy atom. The second kappa shape index (κ2) is 12.3. The minimum atomic E-state index is -0.237. The smallest absolute Gasteiger partial charge is 0.266 e. The van der Waals surface area contributed by atoms with Gasteiger partial charge in [-0.1, -0.05) is 74.2 Å². The quantitative estimate of drug-likeness (QED) is 0.229. The predicted molar refractivity (Wildman–Crippen MR) is 130 cm³/mol. The van der Waals surface area contributed by atoms with Gasteiger partial charge in [0, 0.05) is 19.0 Å². The molecule has 1 unspecified atom stereocenters. The van der Waals surface area contributed by atoms with Crippen LogP contribution >= 0.6 is 0 Å². The van der Waals surface area contributed by atoms with E-state index in [2.05, 4.69) is 85.7 Å². The molecule has 0 heterocycles. The van der Waals surface area contributed by atoms with E-state index >= 15 is 0 Å². The van der Waals surface area contributed by atoms with Crippen LogP contribution in [0.25, 0.3) is 10.8 Å². The van der Waals surface area contributed by atoms with Gasteiger partial charge in [-0.15, -0.1) is 0 Å². The van der Waals surface area contributed by atoms with Crippen molar-refractivity contribution in [3.8, 4) is 0 Å². The number of carbonyl (C=O) groups excluding carboxylic acids is 2. The van der Waals surface area contributed by atoms with Crippen molar-refractivity contribution in [3.05, 3.63) is 95.8 Å². The van der Waals surface area contributed by atoms with Gasteiger partial charge < -0.3 is 10.6 Å². The minimum absolute atomic E-state index is 0.204. The van der Waals surface area contributed by atoms with Gasteiger partial charge in [0.1, 0.15) is 6.29 Å². The van der Waals surface area contributed by atoms with E-state index < -0.39 is 0 Å². The van der Waals surface area contributed by atoms with Crippen LogP contribution in [0.1, 0.15) is 38.7 Å². The summed E-state index contributed by atoms with van der Waals surface area (Å²) in [6.07, 6.45) is 8.69. The maximum Gasteiger partial charge on any atom is 0.266 e. The molecular weight excluding hydrogens is 384 g/mol. The normalized spacial score (nSPS) is 13.3. The summed E-state index contributed by atoms with van der Waals surface area (Å²) in [4.78, 5) is 22.5. The van der Waals surface area contributed by atoms with Crippen molar-refractivity contribution >= 4 is 23.0 Å². The highest BCUT2D eigenvalue weighted by Gasteiger charge is 2.17.